The standard InChI is InChI=1S/C3H9Ge.HI/c1-4(2)3;/h1-3H3;1H. The molecule has 0 N–H and O–H groups in total. The number of rotatable bonds is 0. The van der Waals surface area contributed by atoms with Crippen molar-refractivity contribution in [3.63, 3.8) is 0 Å². The fraction of sp³-hybridized carbons (Fsp3) is 1.00. The monoisotopic (exact) mass is 247 g/mol. The summed E-state index contributed by atoms with van der Waals surface area (Å²) in [5, 5.41) is 0. The summed E-state index contributed by atoms with van der Waals surface area (Å²) in [5.74, 6) is 7.00. The van der Waals surface area contributed by atoms with Crippen LogP contribution in [0.3, 0.4) is 0 Å². The molecule has 0 aliphatic heterocycles. The zero-order chi connectivity index (χ0) is 3.58. The van der Waals surface area contributed by atoms with Crippen LogP contribution in [0.1, 0.15) is 0 Å². The molecule has 0 saturated carbocycles. The summed E-state index contributed by atoms with van der Waals surface area (Å²) in [7, 11) is 0. The first-order chi connectivity index (χ1) is 1.73. The van der Waals surface area contributed by atoms with Crippen LogP contribution in [0.25, 0.3) is 0 Å². The second-order valence-corrected chi connectivity index (χ2v) is 7.79. The minimum absolute atomic E-state index is 0. The van der Waals surface area contributed by atoms with Gasteiger partial charge in [0.2, 0.25) is 0 Å². The maximum atomic E-state index is 2.33. The van der Waals surface area contributed by atoms with Crippen LogP contribution < -0.4 is 0 Å². The van der Waals surface area contributed by atoms with Crippen molar-refractivity contribution in [2.24, 2.45) is 0 Å². The first-order valence-corrected chi connectivity index (χ1v) is 7.79. The van der Waals surface area contributed by atoms with E-state index in [1.807, 2.05) is 0 Å². The second kappa shape index (κ2) is 5.27. The molecule has 0 aromatic heterocycles. The Morgan fingerprint density at radius 3 is 1.00 bits per heavy atom. The normalized spacial score (nSPS) is 7.20. The van der Waals surface area contributed by atoms with Gasteiger partial charge in [-0.15, -0.1) is 24.0 Å². The van der Waals surface area contributed by atoms with Gasteiger partial charge in [0.05, 0.1) is 0 Å². The topological polar surface area (TPSA) is 0 Å². The van der Waals surface area contributed by atoms with E-state index >= 15 is 0 Å². The van der Waals surface area contributed by atoms with Crippen molar-refractivity contribution in [2.45, 2.75) is 17.3 Å². The Hall–Kier alpha value is 1.27. The quantitative estimate of drug-likeness (QED) is 0.452. The van der Waals surface area contributed by atoms with Crippen LogP contribution in [0.5, 0.6) is 0 Å². The van der Waals surface area contributed by atoms with Crippen LogP contribution in [-0.2, 0) is 0 Å². The molecule has 0 nitrogen and oxygen atoms in total. The van der Waals surface area contributed by atoms with Crippen molar-refractivity contribution in [3.8, 4) is 0 Å². The van der Waals surface area contributed by atoms with Gasteiger partial charge < -0.3 is 0 Å². The van der Waals surface area contributed by atoms with Crippen molar-refractivity contribution in [1.29, 1.82) is 0 Å². The van der Waals surface area contributed by atoms with E-state index in [9.17, 15) is 0 Å². The first-order valence-electron chi connectivity index (χ1n) is 1.50. The maximum absolute atomic E-state index is 2.33. The zero-order valence-electron chi connectivity index (χ0n) is 3.91. The summed E-state index contributed by atoms with van der Waals surface area (Å²) in [6.07, 6.45) is 0. The van der Waals surface area contributed by atoms with E-state index in [1.54, 1.807) is 0 Å². The molecular weight excluding hydrogens is 236 g/mol. The van der Waals surface area contributed by atoms with Crippen molar-refractivity contribution >= 4 is 38.3 Å². The third kappa shape index (κ3) is 34.9. The molecule has 0 unspecified atom stereocenters. The Labute approximate surface area is 55.5 Å². The van der Waals surface area contributed by atoms with Gasteiger partial charge >= 0.3 is 31.6 Å². The third-order valence-electron chi connectivity index (χ3n) is 0. The molecule has 0 rings (SSSR count). The second-order valence-electron chi connectivity index (χ2n) is 1.50. The third-order valence-corrected chi connectivity index (χ3v) is 0. The van der Waals surface area contributed by atoms with E-state index in [0.717, 1.165) is 0 Å². The van der Waals surface area contributed by atoms with E-state index in [0.29, 0.717) is 0 Å². The molecule has 0 fully saturated rings. The Bertz CT molecular complexity index is 11.6. The molecule has 0 spiro atoms. The van der Waals surface area contributed by atoms with Crippen LogP contribution in [0.2, 0.25) is 17.3 Å². The molecule has 0 aliphatic carbocycles. The summed E-state index contributed by atoms with van der Waals surface area (Å²) in [6, 6.07) is 0. The molecule has 0 amide bonds. The summed E-state index contributed by atoms with van der Waals surface area (Å²) < 4.78 is 0. The molecule has 0 heterocycles. The van der Waals surface area contributed by atoms with Gasteiger partial charge in [-0.05, 0) is 0 Å². The SMILES string of the molecule is I.[CH3][Ge]([CH3])[CH3]. The molecule has 0 atom stereocenters. The Balaban J connectivity index is 0. The number of hydrogen-bond donors (Lipinski definition) is 0. The van der Waals surface area contributed by atoms with Crippen LogP contribution in [-0.4, -0.2) is 14.3 Å². The summed E-state index contributed by atoms with van der Waals surface area (Å²) in [5.41, 5.74) is 0. The van der Waals surface area contributed by atoms with Gasteiger partial charge in [0.1, 0.15) is 0 Å². The molecular formula is C3H10GeI. The molecule has 0 saturated heterocycles. The summed E-state index contributed by atoms with van der Waals surface area (Å²) >= 11 is -0.333. The predicted octanol–water partition coefficient (Wildman–Crippen LogP) is 1.99. The molecule has 0 aromatic rings. The molecule has 5 heavy (non-hydrogen) atoms. The van der Waals surface area contributed by atoms with Gasteiger partial charge in [-0.2, -0.15) is 0 Å². The summed E-state index contributed by atoms with van der Waals surface area (Å²) in [4.78, 5) is 0. The fourth-order valence-electron chi connectivity index (χ4n) is 0. The van der Waals surface area contributed by atoms with E-state index in [2.05, 4.69) is 17.3 Å². The van der Waals surface area contributed by atoms with E-state index in [-0.39, 0.29) is 38.3 Å². The fourth-order valence-corrected chi connectivity index (χ4v) is 0. The molecule has 33 valence electrons. The minimum atomic E-state index is -0.333. The molecule has 0 aliphatic rings. The van der Waals surface area contributed by atoms with Crippen LogP contribution in [0, 0.1) is 0 Å². The number of hydrogen-bond acceptors (Lipinski definition) is 0. The Kier molecular flexibility index (Phi) is 10.1. The molecule has 0 aromatic carbocycles. The Morgan fingerprint density at radius 2 is 1.00 bits per heavy atom. The van der Waals surface area contributed by atoms with Crippen molar-refractivity contribution in [1.82, 2.24) is 0 Å². The van der Waals surface area contributed by atoms with Gasteiger partial charge in [-0.1, -0.05) is 0 Å². The zero-order valence-corrected chi connectivity index (χ0v) is 8.34. The van der Waals surface area contributed by atoms with E-state index in [4.69, 9.17) is 0 Å². The van der Waals surface area contributed by atoms with Crippen molar-refractivity contribution in [2.75, 3.05) is 0 Å². The molecule has 0 bridgehead atoms. The van der Waals surface area contributed by atoms with E-state index < -0.39 is 0 Å². The first kappa shape index (κ1) is 9.55. The van der Waals surface area contributed by atoms with Gasteiger partial charge in [-0.3, -0.25) is 0 Å². The Morgan fingerprint density at radius 1 is 1.00 bits per heavy atom. The average Bonchev–Trinajstić information content (AvgIpc) is 0.811. The molecule has 1 radical (unpaired) electrons. The van der Waals surface area contributed by atoms with Crippen LogP contribution in [0.15, 0.2) is 0 Å². The van der Waals surface area contributed by atoms with Crippen LogP contribution in [0.4, 0.5) is 0 Å². The van der Waals surface area contributed by atoms with Crippen LogP contribution >= 0.6 is 24.0 Å². The van der Waals surface area contributed by atoms with Gasteiger partial charge in [0, 0.05) is 0 Å². The van der Waals surface area contributed by atoms with E-state index in [1.165, 1.54) is 0 Å². The van der Waals surface area contributed by atoms with Gasteiger partial charge in [0.25, 0.3) is 0 Å². The average molecular weight is 246 g/mol. The number of halogens is 1. The van der Waals surface area contributed by atoms with Crippen molar-refractivity contribution in [3.05, 3.63) is 0 Å². The molecule has 2 heteroatoms. The summed E-state index contributed by atoms with van der Waals surface area (Å²) in [6.45, 7) is 0. The predicted molar refractivity (Wildman–Crippen MR) is 38.8 cm³/mol. The van der Waals surface area contributed by atoms with Gasteiger partial charge in [0.15, 0.2) is 0 Å². The van der Waals surface area contributed by atoms with Crippen molar-refractivity contribution < 1.29 is 0 Å². The van der Waals surface area contributed by atoms with Gasteiger partial charge in [-0.25, -0.2) is 0 Å².